The zero-order valence-electron chi connectivity index (χ0n) is 23.9. The van der Waals surface area contributed by atoms with Crippen LogP contribution < -0.4 is 9.62 Å². The summed E-state index contributed by atoms with van der Waals surface area (Å²) in [5.74, 6) is -0.924. The third-order valence-electron chi connectivity index (χ3n) is 6.73. The smallest absolute Gasteiger partial charge is 0.264 e. The van der Waals surface area contributed by atoms with Crippen LogP contribution >= 0.6 is 23.2 Å². The molecule has 1 N–H and O–H groups in total. The molecule has 0 fully saturated rings. The van der Waals surface area contributed by atoms with Crippen molar-refractivity contribution in [2.75, 3.05) is 10.8 Å². The van der Waals surface area contributed by atoms with Crippen LogP contribution in [0.4, 0.5) is 5.69 Å². The number of hydrogen-bond donors (Lipinski definition) is 1. The molecule has 0 heterocycles. The van der Waals surface area contributed by atoms with Gasteiger partial charge in [0.1, 0.15) is 12.6 Å². The molecular weight excluding hydrogens is 605 g/mol. The SMILES string of the molecule is CC(C)NC(=O)[C@H](Cc1ccccc1)N(Cc1ccccc1Cl)C(=O)CN(c1ccccc1)S(=O)(=O)c1ccc(Cl)cc1. The number of benzene rings is 4. The van der Waals surface area contributed by atoms with Crippen molar-refractivity contribution in [2.24, 2.45) is 0 Å². The number of carbonyl (C=O) groups is 2. The molecule has 0 bridgehead atoms. The van der Waals surface area contributed by atoms with Gasteiger partial charge in [0.15, 0.2) is 0 Å². The molecular formula is C33H33Cl2N3O4S. The van der Waals surface area contributed by atoms with E-state index < -0.39 is 28.5 Å². The molecule has 2 amide bonds. The lowest BCUT2D eigenvalue weighted by Crippen LogP contribution is -2.54. The normalized spacial score (nSPS) is 12.0. The number of nitrogens with zero attached hydrogens (tertiary/aromatic N) is 2. The van der Waals surface area contributed by atoms with Crippen LogP contribution in [0.1, 0.15) is 25.0 Å². The molecule has 0 unspecified atom stereocenters. The van der Waals surface area contributed by atoms with Crippen molar-refractivity contribution in [3.8, 4) is 0 Å². The first-order chi connectivity index (χ1) is 20.6. The first kappa shape index (κ1) is 32.1. The summed E-state index contributed by atoms with van der Waals surface area (Å²) in [6.07, 6.45) is 0.213. The van der Waals surface area contributed by atoms with Crippen molar-refractivity contribution in [1.29, 1.82) is 0 Å². The highest BCUT2D eigenvalue weighted by Gasteiger charge is 2.35. The molecule has 0 radical (unpaired) electrons. The molecule has 0 aliphatic heterocycles. The van der Waals surface area contributed by atoms with Crippen LogP contribution in [0.5, 0.6) is 0 Å². The quantitative estimate of drug-likeness (QED) is 0.196. The Kier molecular flexibility index (Phi) is 10.9. The van der Waals surface area contributed by atoms with Crippen molar-refractivity contribution in [3.05, 3.63) is 130 Å². The highest BCUT2D eigenvalue weighted by atomic mass is 35.5. The Balaban J connectivity index is 1.79. The predicted molar refractivity (Wildman–Crippen MR) is 172 cm³/mol. The Bertz CT molecular complexity index is 1630. The second-order valence-electron chi connectivity index (χ2n) is 10.3. The minimum atomic E-state index is -4.20. The lowest BCUT2D eigenvalue weighted by atomic mass is 10.0. The average Bonchev–Trinajstić information content (AvgIpc) is 2.99. The van der Waals surface area contributed by atoms with Gasteiger partial charge in [0.05, 0.1) is 10.6 Å². The van der Waals surface area contributed by atoms with E-state index >= 15 is 0 Å². The molecule has 7 nitrogen and oxygen atoms in total. The van der Waals surface area contributed by atoms with E-state index in [1.165, 1.54) is 29.2 Å². The number of para-hydroxylation sites is 1. The summed E-state index contributed by atoms with van der Waals surface area (Å²) in [5.41, 5.74) is 1.77. The molecule has 0 aromatic heterocycles. The van der Waals surface area contributed by atoms with Crippen molar-refractivity contribution in [3.63, 3.8) is 0 Å². The van der Waals surface area contributed by atoms with Gasteiger partial charge in [0.25, 0.3) is 10.0 Å². The van der Waals surface area contributed by atoms with Crippen molar-refractivity contribution >= 4 is 50.7 Å². The number of anilines is 1. The topological polar surface area (TPSA) is 86.8 Å². The summed E-state index contributed by atoms with van der Waals surface area (Å²) in [4.78, 5) is 29.5. The van der Waals surface area contributed by atoms with Crippen LogP contribution in [0.2, 0.25) is 10.0 Å². The molecule has 0 saturated carbocycles. The van der Waals surface area contributed by atoms with Crippen molar-refractivity contribution in [1.82, 2.24) is 10.2 Å². The fourth-order valence-corrected chi connectivity index (χ4v) is 6.34. The number of halogens is 2. The Labute approximate surface area is 263 Å². The third-order valence-corrected chi connectivity index (χ3v) is 9.13. The summed E-state index contributed by atoms with van der Waals surface area (Å²) < 4.78 is 29.0. The van der Waals surface area contributed by atoms with Crippen LogP contribution in [0, 0.1) is 0 Å². The third kappa shape index (κ3) is 8.38. The zero-order valence-corrected chi connectivity index (χ0v) is 26.2. The van der Waals surface area contributed by atoms with Gasteiger partial charge in [0.2, 0.25) is 11.8 Å². The van der Waals surface area contributed by atoms with Gasteiger partial charge in [-0.2, -0.15) is 0 Å². The van der Waals surface area contributed by atoms with Gasteiger partial charge in [-0.05, 0) is 67.4 Å². The van der Waals surface area contributed by atoms with Crippen LogP contribution in [0.3, 0.4) is 0 Å². The van der Waals surface area contributed by atoms with Crippen molar-refractivity contribution < 1.29 is 18.0 Å². The number of rotatable bonds is 12. The lowest BCUT2D eigenvalue weighted by molar-refractivity contribution is -0.140. The highest BCUT2D eigenvalue weighted by Crippen LogP contribution is 2.26. The average molecular weight is 639 g/mol. The number of sulfonamides is 1. The van der Waals surface area contributed by atoms with Crippen LogP contribution in [0.15, 0.2) is 114 Å². The molecule has 4 aromatic carbocycles. The molecule has 0 aliphatic carbocycles. The summed E-state index contributed by atoms with van der Waals surface area (Å²) in [6.45, 7) is 3.12. The van der Waals surface area contributed by atoms with E-state index in [1.54, 1.807) is 54.6 Å². The van der Waals surface area contributed by atoms with Gasteiger partial charge in [0, 0.05) is 29.1 Å². The van der Waals surface area contributed by atoms with E-state index in [1.807, 2.05) is 44.2 Å². The molecule has 10 heteroatoms. The lowest BCUT2D eigenvalue weighted by Gasteiger charge is -2.34. The van der Waals surface area contributed by atoms with E-state index in [-0.39, 0.29) is 29.8 Å². The summed E-state index contributed by atoms with van der Waals surface area (Å²) >= 11 is 12.5. The monoisotopic (exact) mass is 637 g/mol. The van der Waals surface area contributed by atoms with E-state index in [0.717, 1.165) is 9.87 Å². The molecule has 43 heavy (non-hydrogen) atoms. The summed E-state index contributed by atoms with van der Waals surface area (Å²) in [5, 5.41) is 3.74. The molecule has 224 valence electrons. The minimum absolute atomic E-state index is 0.00879. The molecule has 0 saturated heterocycles. The number of amides is 2. The highest BCUT2D eigenvalue weighted by molar-refractivity contribution is 7.92. The van der Waals surface area contributed by atoms with Gasteiger partial charge < -0.3 is 10.2 Å². The van der Waals surface area contributed by atoms with E-state index in [4.69, 9.17) is 23.2 Å². The fourth-order valence-electron chi connectivity index (χ4n) is 4.60. The number of carbonyl (C=O) groups excluding carboxylic acids is 2. The molecule has 0 aliphatic rings. The first-order valence-electron chi connectivity index (χ1n) is 13.8. The van der Waals surface area contributed by atoms with Crippen LogP contribution in [-0.4, -0.2) is 43.8 Å². The van der Waals surface area contributed by atoms with Gasteiger partial charge in [-0.3, -0.25) is 13.9 Å². The molecule has 0 spiro atoms. The standard InChI is InChI=1S/C33H33Cl2N3O4S/c1-24(2)36-33(40)31(21-25-11-5-3-6-12-25)37(22-26-13-9-10-16-30(26)35)32(39)23-38(28-14-7-4-8-15-28)43(41,42)29-19-17-27(34)18-20-29/h3-20,24,31H,21-23H2,1-2H3,(H,36,40)/t31-/m0/s1. The van der Waals surface area contributed by atoms with Gasteiger partial charge in [-0.1, -0.05) is 89.9 Å². The van der Waals surface area contributed by atoms with Gasteiger partial charge in [-0.15, -0.1) is 0 Å². The maximum atomic E-state index is 14.4. The summed E-state index contributed by atoms with van der Waals surface area (Å²) in [6, 6.07) is 29.4. The second-order valence-corrected chi connectivity index (χ2v) is 13.0. The Hall–Kier alpha value is -3.85. The maximum absolute atomic E-state index is 14.4. The predicted octanol–water partition coefficient (Wildman–Crippen LogP) is 6.35. The first-order valence-corrected chi connectivity index (χ1v) is 16.0. The van der Waals surface area contributed by atoms with Gasteiger partial charge in [-0.25, -0.2) is 8.42 Å². The minimum Gasteiger partial charge on any atom is -0.352 e. The number of hydrogen-bond acceptors (Lipinski definition) is 4. The molecule has 4 aromatic rings. The van der Waals surface area contributed by atoms with Crippen LogP contribution in [-0.2, 0) is 32.6 Å². The largest absolute Gasteiger partial charge is 0.352 e. The Morgan fingerprint density at radius 1 is 0.791 bits per heavy atom. The van der Waals surface area contributed by atoms with Crippen molar-refractivity contribution in [2.45, 2.75) is 43.8 Å². The fraction of sp³-hybridized carbons (Fsp3) is 0.212. The number of nitrogens with one attached hydrogen (secondary N) is 1. The van der Waals surface area contributed by atoms with E-state index in [9.17, 15) is 18.0 Å². The Morgan fingerprint density at radius 3 is 1.98 bits per heavy atom. The van der Waals surface area contributed by atoms with Crippen LogP contribution in [0.25, 0.3) is 0 Å². The Morgan fingerprint density at radius 2 is 1.37 bits per heavy atom. The van der Waals surface area contributed by atoms with E-state index in [0.29, 0.717) is 21.3 Å². The van der Waals surface area contributed by atoms with E-state index in [2.05, 4.69) is 5.32 Å². The maximum Gasteiger partial charge on any atom is 0.264 e. The second kappa shape index (κ2) is 14.6. The molecule has 1 atom stereocenters. The molecule has 4 rings (SSSR count). The zero-order chi connectivity index (χ0) is 31.0. The summed E-state index contributed by atoms with van der Waals surface area (Å²) in [7, 11) is -4.20. The van der Waals surface area contributed by atoms with Gasteiger partial charge >= 0.3 is 0 Å².